The van der Waals surface area contributed by atoms with E-state index < -0.39 is 0 Å². The lowest BCUT2D eigenvalue weighted by molar-refractivity contribution is 0.438. The van der Waals surface area contributed by atoms with Gasteiger partial charge in [0.15, 0.2) is 0 Å². The number of nitrogens with zero attached hydrogens (tertiary/aromatic N) is 2. The first-order valence-corrected chi connectivity index (χ1v) is 6.88. The summed E-state index contributed by atoms with van der Waals surface area (Å²) >= 11 is 6.11. The molecule has 1 aromatic heterocycles. The normalized spacial score (nSPS) is 17.5. The minimum Gasteiger partial charge on any atom is -0.331 e. The van der Waals surface area contributed by atoms with Crippen LogP contribution in [0.5, 0.6) is 0 Å². The van der Waals surface area contributed by atoms with E-state index in [-0.39, 0.29) is 0 Å². The zero-order chi connectivity index (χ0) is 12.7. The molecule has 0 spiro atoms. The minimum absolute atomic E-state index is 0.571. The van der Waals surface area contributed by atoms with E-state index in [0.717, 1.165) is 23.6 Å². The molecule has 0 unspecified atom stereocenters. The number of nitrogens with one attached hydrogen (secondary N) is 1. The number of hydrogen-bond acceptors (Lipinski definition) is 2. The Balaban J connectivity index is 2.13. The number of piperidine rings is 1. The van der Waals surface area contributed by atoms with E-state index in [2.05, 4.69) is 23.9 Å². The van der Waals surface area contributed by atoms with E-state index in [4.69, 9.17) is 16.6 Å². The molecule has 0 aliphatic carbocycles. The second-order valence-corrected chi connectivity index (χ2v) is 5.58. The Kier molecular flexibility index (Phi) is 3.04. The summed E-state index contributed by atoms with van der Waals surface area (Å²) in [6, 6.07) is 3.98. The van der Waals surface area contributed by atoms with Crippen LogP contribution in [0.15, 0.2) is 12.1 Å². The molecule has 0 radical (unpaired) electrons. The van der Waals surface area contributed by atoms with Crippen LogP contribution >= 0.6 is 11.6 Å². The average molecular weight is 264 g/mol. The molecule has 18 heavy (non-hydrogen) atoms. The standard InChI is InChI=1S/C14H18ClN3/c1-9-7-11(15)8-12-13(9)18(2)14(17-12)10-3-5-16-6-4-10/h7-8,10,16H,3-6H2,1-2H3. The molecule has 1 saturated heterocycles. The molecule has 1 aliphatic heterocycles. The number of aromatic nitrogens is 2. The number of fused-ring (bicyclic) bond motifs is 1. The summed E-state index contributed by atoms with van der Waals surface area (Å²) in [4.78, 5) is 4.81. The van der Waals surface area contributed by atoms with Crippen LogP contribution in [0.1, 0.15) is 30.1 Å². The second-order valence-electron chi connectivity index (χ2n) is 5.14. The van der Waals surface area contributed by atoms with Crippen molar-refractivity contribution in [1.29, 1.82) is 0 Å². The average Bonchev–Trinajstić information content (AvgIpc) is 2.67. The maximum atomic E-state index is 6.11. The highest BCUT2D eigenvalue weighted by atomic mass is 35.5. The van der Waals surface area contributed by atoms with Crippen LogP contribution in [-0.4, -0.2) is 22.6 Å². The summed E-state index contributed by atoms with van der Waals surface area (Å²) in [6.45, 7) is 4.28. The van der Waals surface area contributed by atoms with Crippen LogP contribution in [0, 0.1) is 6.92 Å². The van der Waals surface area contributed by atoms with Gasteiger partial charge in [-0.15, -0.1) is 0 Å². The van der Waals surface area contributed by atoms with Crippen LogP contribution in [0.2, 0.25) is 5.02 Å². The molecular weight excluding hydrogens is 246 g/mol. The molecule has 0 bridgehead atoms. The summed E-state index contributed by atoms with van der Waals surface area (Å²) < 4.78 is 2.25. The molecule has 0 atom stereocenters. The van der Waals surface area contributed by atoms with Gasteiger partial charge in [0.2, 0.25) is 0 Å². The van der Waals surface area contributed by atoms with Crippen molar-refractivity contribution in [2.75, 3.05) is 13.1 Å². The van der Waals surface area contributed by atoms with E-state index >= 15 is 0 Å². The van der Waals surface area contributed by atoms with Gasteiger partial charge in [0.25, 0.3) is 0 Å². The number of rotatable bonds is 1. The van der Waals surface area contributed by atoms with Crippen LogP contribution < -0.4 is 5.32 Å². The second kappa shape index (κ2) is 4.56. The molecule has 2 aromatic rings. The highest BCUT2D eigenvalue weighted by Gasteiger charge is 2.21. The largest absolute Gasteiger partial charge is 0.331 e. The van der Waals surface area contributed by atoms with Gasteiger partial charge in [0, 0.05) is 18.0 Å². The first-order valence-electron chi connectivity index (χ1n) is 6.50. The molecule has 96 valence electrons. The third-order valence-corrected chi connectivity index (χ3v) is 4.08. The lowest BCUT2D eigenvalue weighted by atomic mass is 9.97. The van der Waals surface area contributed by atoms with E-state index in [1.165, 1.54) is 29.7 Å². The van der Waals surface area contributed by atoms with Crippen LogP contribution in [0.25, 0.3) is 11.0 Å². The van der Waals surface area contributed by atoms with Gasteiger partial charge in [-0.25, -0.2) is 4.98 Å². The highest BCUT2D eigenvalue weighted by molar-refractivity contribution is 6.31. The molecular formula is C14H18ClN3. The SMILES string of the molecule is Cc1cc(Cl)cc2nc(C3CCNCC3)n(C)c12. The third-order valence-electron chi connectivity index (χ3n) is 3.86. The van der Waals surface area contributed by atoms with Gasteiger partial charge in [-0.3, -0.25) is 0 Å². The quantitative estimate of drug-likeness (QED) is 0.857. The molecule has 3 nitrogen and oxygen atoms in total. The monoisotopic (exact) mass is 263 g/mol. The molecule has 3 rings (SSSR count). The van der Waals surface area contributed by atoms with Crippen molar-refractivity contribution in [3.8, 4) is 0 Å². The van der Waals surface area contributed by atoms with Gasteiger partial charge in [-0.1, -0.05) is 11.6 Å². The fourth-order valence-corrected chi connectivity index (χ4v) is 3.26. The highest BCUT2D eigenvalue weighted by Crippen LogP contribution is 2.30. The fourth-order valence-electron chi connectivity index (χ4n) is 3.00. The smallest absolute Gasteiger partial charge is 0.112 e. The van der Waals surface area contributed by atoms with Crippen molar-refractivity contribution >= 4 is 22.6 Å². The molecule has 1 aliphatic rings. The Hall–Kier alpha value is -1.06. The third kappa shape index (κ3) is 1.91. The van der Waals surface area contributed by atoms with E-state index in [0.29, 0.717) is 5.92 Å². The van der Waals surface area contributed by atoms with Crippen molar-refractivity contribution in [2.24, 2.45) is 7.05 Å². The van der Waals surface area contributed by atoms with Gasteiger partial charge in [0.05, 0.1) is 11.0 Å². The molecule has 0 amide bonds. The molecule has 0 saturated carbocycles. The summed E-state index contributed by atoms with van der Waals surface area (Å²) in [5, 5.41) is 4.17. The van der Waals surface area contributed by atoms with Gasteiger partial charge in [-0.05, 0) is 50.6 Å². The predicted molar refractivity (Wildman–Crippen MR) is 75.3 cm³/mol. The van der Waals surface area contributed by atoms with Gasteiger partial charge >= 0.3 is 0 Å². The van der Waals surface area contributed by atoms with Crippen LogP contribution in [0.3, 0.4) is 0 Å². The molecule has 2 heterocycles. The zero-order valence-corrected chi connectivity index (χ0v) is 11.6. The number of hydrogen-bond donors (Lipinski definition) is 1. The molecule has 1 N–H and O–H groups in total. The van der Waals surface area contributed by atoms with E-state index in [1.807, 2.05) is 12.1 Å². The predicted octanol–water partition coefficient (Wildman–Crippen LogP) is 3.00. The summed E-state index contributed by atoms with van der Waals surface area (Å²) in [5.41, 5.74) is 3.44. The van der Waals surface area contributed by atoms with Crippen molar-refractivity contribution < 1.29 is 0 Å². The Morgan fingerprint density at radius 1 is 1.33 bits per heavy atom. The van der Waals surface area contributed by atoms with Crippen molar-refractivity contribution in [2.45, 2.75) is 25.7 Å². The lowest BCUT2D eigenvalue weighted by Gasteiger charge is -2.22. The van der Waals surface area contributed by atoms with Gasteiger partial charge in [0.1, 0.15) is 5.82 Å². The minimum atomic E-state index is 0.571. The topological polar surface area (TPSA) is 29.9 Å². The van der Waals surface area contributed by atoms with E-state index in [9.17, 15) is 0 Å². The summed E-state index contributed by atoms with van der Waals surface area (Å²) in [7, 11) is 2.12. The Morgan fingerprint density at radius 2 is 2.06 bits per heavy atom. The lowest BCUT2D eigenvalue weighted by Crippen LogP contribution is -2.27. The van der Waals surface area contributed by atoms with Gasteiger partial charge in [-0.2, -0.15) is 0 Å². The number of aryl methyl sites for hydroxylation is 2. The summed E-state index contributed by atoms with van der Waals surface area (Å²) in [6.07, 6.45) is 2.34. The van der Waals surface area contributed by atoms with Crippen molar-refractivity contribution in [3.05, 3.63) is 28.5 Å². The Morgan fingerprint density at radius 3 is 2.78 bits per heavy atom. The van der Waals surface area contributed by atoms with Crippen LogP contribution in [-0.2, 0) is 7.05 Å². The first-order chi connectivity index (χ1) is 8.66. The summed E-state index contributed by atoms with van der Waals surface area (Å²) in [5.74, 6) is 1.78. The van der Waals surface area contributed by atoms with E-state index in [1.54, 1.807) is 0 Å². The first kappa shape index (κ1) is 12.0. The number of halogens is 1. The maximum absolute atomic E-state index is 6.11. The fraction of sp³-hybridized carbons (Fsp3) is 0.500. The molecule has 1 aromatic carbocycles. The Labute approximate surface area is 112 Å². The van der Waals surface area contributed by atoms with Crippen molar-refractivity contribution in [3.63, 3.8) is 0 Å². The maximum Gasteiger partial charge on any atom is 0.112 e. The van der Waals surface area contributed by atoms with Gasteiger partial charge < -0.3 is 9.88 Å². The Bertz CT molecular complexity index is 582. The number of imidazole rings is 1. The molecule has 1 fully saturated rings. The number of benzene rings is 1. The molecule has 4 heteroatoms. The zero-order valence-electron chi connectivity index (χ0n) is 10.8. The van der Waals surface area contributed by atoms with Crippen molar-refractivity contribution in [1.82, 2.24) is 14.9 Å². The van der Waals surface area contributed by atoms with Crippen LogP contribution in [0.4, 0.5) is 0 Å².